The number of hydrogen-bond acceptors (Lipinski definition) is 3. The highest BCUT2D eigenvalue weighted by atomic mass is 16.2. The molecule has 0 aromatic carbocycles. The van der Waals surface area contributed by atoms with Gasteiger partial charge in [-0.2, -0.15) is 0 Å². The Morgan fingerprint density at radius 3 is 2.81 bits per heavy atom. The molecular weight excluding hydrogens is 202 g/mol. The number of nitrogens with zero attached hydrogens (tertiary/aromatic N) is 2. The van der Waals surface area contributed by atoms with Gasteiger partial charge in [-0.15, -0.1) is 0 Å². The van der Waals surface area contributed by atoms with Crippen molar-refractivity contribution in [1.29, 1.82) is 0 Å². The molecule has 2 aliphatic heterocycles. The number of rotatable bonds is 2. The Morgan fingerprint density at radius 1 is 1.44 bits per heavy atom. The van der Waals surface area contributed by atoms with Gasteiger partial charge in [0.2, 0.25) is 5.91 Å². The van der Waals surface area contributed by atoms with Gasteiger partial charge in [-0.1, -0.05) is 0 Å². The number of carbonyl (C=O) groups is 1. The first kappa shape index (κ1) is 11.9. The standard InChI is InChI=1S/C12H23N3O/c1-12(2)11(16)14(3)6-7-15(12)9-10-4-5-13-8-10/h10,13H,4-9H2,1-3H3. The molecule has 0 aromatic heterocycles. The second-order valence-electron chi connectivity index (χ2n) is 5.59. The van der Waals surface area contributed by atoms with Gasteiger partial charge in [0, 0.05) is 26.7 Å². The van der Waals surface area contributed by atoms with Gasteiger partial charge in [0.25, 0.3) is 0 Å². The summed E-state index contributed by atoms with van der Waals surface area (Å²) >= 11 is 0. The van der Waals surface area contributed by atoms with Gasteiger partial charge < -0.3 is 10.2 Å². The van der Waals surface area contributed by atoms with E-state index in [2.05, 4.69) is 10.2 Å². The molecule has 4 heteroatoms. The zero-order chi connectivity index (χ0) is 11.8. The quantitative estimate of drug-likeness (QED) is 0.726. The Bertz CT molecular complexity index is 271. The van der Waals surface area contributed by atoms with Gasteiger partial charge >= 0.3 is 0 Å². The van der Waals surface area contributed by atoms with Crippen molar-refractivity contribution in [2.45, 2.75) is 25.8 Å². The lowest BCUT2D eigenvalue weighted by molar-refractivity contribution is -0.147. The predicted molar refractivity (Wildman–Crippen MR) is 64.3 cm³/mol. The number of likely N-dealkylation sites (N-methyl/N-ethyl adjacent to an activating group) is 1. The molecule has 1 amide bonds. The summed E-state index contributed by atoms with van der Waals surface area (Å²) in [6.45, 7) is 9.26. The third-order valence-corrected chi connectivity index (χ3v) is 4.01. The first-order valence-electron chi connectivity index (χ1n) is 6.23. The zero-order valence-electron chi connectivity index (χ0n) is 10.6. The molecule has 0 spiro atoms. The number of nitrogens with one attached hydrogen (secondary N) is 1. The van der Waals surface area contributed by atoms with E-state index in [9.17, 15) is 4.79 Å². The van der Waals surface area contributed by atoms with Crippen molar-refractivity contribution in [1.82, 2.24) is 15.1 Å². The van der Waals surface area contributed by atoms with E-state index in [1.165, 1.54) is 6.42 Å². The summed E-state index contributed by atoms with van der Waals surface area (Å²) in [5.74, 6) is 0.972. The molecule has 1 N–H and O–H groups in total. The van der Waals surface area contributed by atoms with Crippen LogP contribution < -0.4 is 5.32 Å². The SMILES string of the molecule is CN1CCN(CC2CCNC2)C(C)(C)C1=O. The van der Waals surface area contributed by atoms with Crippen LogP contribution in [0.5, 0.6) is 0 Å². The van der Waals surface area contributed by atoms with Gasteiger partial charge in [0.15, 0.2) is 0 Å². The van der Waals surface area contributed by atoms with E-state index < -0.39 is 0 Å². The average Bonchev–Trinajstić information content (AvgIpc) is 2.72. The fraction of sp³-hybridized carbons (Fsp3) is 0.917. The van der Waals surface area contributed by atoms with Crippen molar-refractivity contribution in [2.24, 2.45) is 5.92 Å². The first-order chi connectivity index (χ1) is 7.51. The minimum Gasteiger partial charge on any atom is -0.343 e. The van der Waals surface area contributed by atoms with Gasteiger partial charge in [-0.25, -0.2) is 0 Å². The van der Waals surface area contributed by atoms with E-state index in [0.29, 0.717) is 0 Å². The lowest BCUT2D eigenvalue weighted by Crippen LogP contribution is -2.62. The second kappa shape index (κ2) is 4.34. The first-order valence-corrected chi connectivity index (χ1v) is 6.23. The maximum Gasteiger partial charge on any atom is 0.242 e. The number of hydrogen-bond donors (Lipinski definition) is 1. The molecule has 2 saturated heterocycles. The molecule has 1 atom stereocenters. The Hall–Kier alpha value is -0.610. The van der Waals surface area contributed by atoms with Crippen LogP contribution in [0.1, 0.15) is 20.3 Å². The molecule has 0 aromatic rings. The molecule has 16 heavy (non-hydrogen) atoms. The van der Waals surface area contributed by atoms with Crippen LogP contribution in [-0.2, 0) is 4.79 Å². The minimum atomic E-state index is -0.324. The van der Waals surface area contributed by atoms with E-state index in [1.807, 2.05) is 25.8 Å². The molecule has 0 radical (unpaired) electrons. The number of carbonyl (C=O) groups excluding carboxylic acids is 1. The van der Waals surface area contributed by atoms with Crippen LogP contribution in [0.4, 0.5) is 0 Å². The minimum absolute atomic E-state index is 0.254. The van der Waals surface area contributed by atoms with E-state index in [0.717, 1.165) is 38.6 Å². The summed E-state index contributed by atoms with van der Waals surface area (Å²) in [6.07, 6.45) is 1.25. The molecule has 2 aliphatic rings. The Labute approximate surface area is 98.0 Å². The van der Waals surface area contributed by atoms with Crippen molar-refractivity contribution >= 4 is 5.91 Å². The number of amides is 1. The topological polar surface area (TPSA) is 35.6 Å². The molecule has 1 unspecified atom stereocenters. The maximum absolute atomic E-state index is 12.1. The summed E-state index contributed by atoms with van der Waals surface area (Å²) in [7, 11) is 1.90. The van der Waals surface area contributed by atoms with Gasteiger partial charge in [0.05, 0.1) is 5.54 Å². The van der Waals surface area contributed by atoms with Crippen LogP contribution in [0.25, 0.3) is 0 Å². The predicted octanol–water partition coefficient (Wildman–Crippen LogP) is 0.149. The summed E-state index contributed by atoms with van der Waals surface area (Å²) in [4.78, 5) is 16.3. The molecular formula is C12H23N3O. The summed E-state index contributed by atoms with van der Waals surface area (Å²) < 4.78 is 0. The van der Waals surface area contributed by atoms with Crippen molar-refractivity contribution < 1.29 is 4.79 Å². The lowest BCUT2D eigenvalue weighted by Gasteiger charge is -2.45. The van der Waals surface area contributed by atoms with E-state index in [4.69, 9.17) is 0 Å². The van der Waals surface area contributed by atoms with E-state index in [-0.39, 0.29) is 11.4 Å². The van der Waals surface area contributed by atoms with E-state index in [1.54, 1.807) is 0 Å². The Kier molecular flexibility index (Phi) is 3.22. The molecule has 2 fully saturated rings. The monoisotopic (exact) mass is 225 g/mol. The fourth-order valence-corrected chi connectivity index (χ4v) is 2.76. The second-order valence-corrected chi connectivity index (χ2v) is 5.59. The Morgan fingerprint density at radius 2 is 2.19 bits per heavy atom. The highest BCUT2D eigenvalue weighted by Crippen LogP contribution is 2.24. The van der Waals surface area contributed by atoms with E-state index >= 15 is 0 Å². The van der Waals surface area contributed by atoms with Crippen LogP contribution in [0.15, 0.2) is 0 Å². The van der Waals surface area contributed by atoms with Crippen LogP contribution >= 0.6 is 0 Å². The smallest absolute Gasteiger partial charge is 0.242 e. The number of piperazine rings is 1. The van der Waals surface area contributed by atoms with Gasteiger partial charge in [-0.3, -0.25) is 9.69 Å². The molecule has 0 bridgehead atoms. The van der Waals surface area contributed by atoms with Crippen molar-refractivity contribution in [3.05, 3.63) is 0 Å². The highest BCUT2D eigenvalue weighted by Gasteiger charge is 2.41. The third kappa shape index (κ3) is 2.09. The largest absolute Gasteiger partial charge is 0.343 e. The van der Waals surface area contributed by atoms with Crippen LogP contribution in [-0.4, -0.2) is 61.0 Å². The third-order valence-electron chi connectivity index (χ3n) is 4.01. The van der Waals surface area contributed by atoms with Crippen LogP contribution in [0.3, 0.4) is 0 Å². The average molecular weight is 225 g/mol. The molecule has 4 nitrogen and oxygen atoms in total. The zero-order valence-corrected chi connectivity index (χ0v) is 10.6. The van der Waals surface area contributed by atoms with Crippen molar-refractivity contribution in [3.8, 4) is 0 Å². The molecule has 0 aliphatic carbocycles. The lowest BCUT2D eigenvalue weighted by atomic mass is 9.95. The molecule has 92 valence electrons. The molecule has 0 saturated carbocycles. The maximum atomic E-state index is 12.1. The van der Waals surface area contributed by atoms with Crippen LogP contribution in [0, 0.1) is 5.92 Å². The van der Waals surface area contributed by atoms with Gasteiger partial charge in [0.1, 0.15) is 0 Å². The Balaban J connectivity index is 2.00. The summed E-state index contributed by atoms with van der Waals surface area (Å²) in [6, 6.07) is 0. The summed E-state index contributed by atoms with van der Waals surface area (Å²) in [5.41, 5.74) is -0.324. The molecule has 2 rings (SSSR count). The fourth-order valence-electron chi connectivity index (χ4n) is 2.76. The summed E-state index contributed by atoms with van der Waals surface area (Å²) in [5, 5.41) is 3.39. The van der Waals surface area contributed by atoms with Gasteiger partial charge in [-0.05, 0) is 39.3 Å². The highest BCUT2D eigenvalue weighted by molar-refractivity contribution is 5.86. The molecule has 2 heterocycles. The van der Waals surface area contributed by atoms with Crippen molar-refractivity contribution in [3.63, 3.8) is 0 Å². The van der Waals surface area contributed by atoms with Crippen LogP contribution in [0.2, 0.25) is 0 Å². The van der Waals surface area contributed by atoms with Crippen molar-refractivity contribution in [2.75, 3.05) is 39.8 Å². The normalized spacial score (nSPS) is 31.1.